The summed E-state index contributed by atoms with van der Waals surface area (Å²) in [5.74, 6) is -1.74. The Morgan fingerprint density at radius 2 is 2.08 bits per heavy atom. The van der Waals surface area contributed by atoms with Crippen LogP contribution in [-0.4, -0.2) is 6.54 Å². The van der Waals surface area contributed by atoms with Crippen molar-refractivity contribution in [1.29, 1.82) is 0 Å². The summed E-state index contributed by atoms with van der Waals surface area (Å²) in [4.78, 5) is 0. The molecule has 0 aliphatic carbocycles. The van der Waals surface area contributed by atoms with Gasteiger partial charge in [0.25, 0.3) is 0 Å². The Labute approximate surface area is 83.4 Å². The monoisotopic (exact) mass is 247 g/mol. The number of halogens is 3. The Hall–Kier alpha value is -0.740. The zero-order chi connectivity index (χ0) is 9.84. The lowest BCUT2D eigenvalue weighted by atomic mass is 10.2. The van der Waals surface area contributed by atoms with Crippen molar-refractivity contribution in [2.24, 2.45) is 5.73 Å². The van der Waals surface area contributed by atoms with Crippen LogP contribution >= 0.6 is 15.9 Å². The summed E-state index contributed by atoms with van der Waals surface area (Å²) in [6.45, 7) is 0.367. The third kappa shape index (κ3) is 2.35. The second kappa shape index (κ2) is 4.48. The first-order chi connectivity index (χ1) is 6.16. The predicted octanol–water partition coefficient (Wildman–Crippen LogP) is 2.70. The number of rotatable bonds is 2. The van der Waals surface area contributed by atoms with E-state index in [2.05, 4.69) is 15.9 Å². The van der Waals surface area contributed by atoms with Crippen molar-refractivity contribution < 1.29 is 8.78 Å². The minimum Gasteiger partial charge on any atom is -0.327 e. The second-order valence-corrected chi connectivity index (χ2v) is 3.20. The summed E-state index contributed by atoms with van der Waals surface area (Å²) >= 11 is 2.95. The highest BCUT2D eigenvalue weighted by molar-refractivity contribution is 9.10. The van der Waals surface area contributed by atoms with Gasteiger partial charge in [0.15, 0.2) is 11.6 Å². The third-order valence-electron chi connectivity index (χ3n) is 1.50. The minimum absolute atomic E-state index is 0.122. The third-order valence-corrected chi connectivity index (χ3v) is 2.30. The van der Waals surface area contributed by atoms with E-state index in [0.29, 0.717) is 12.1 Å². The van der Waals surface area contributed by atoms with E-state index in [9.17, 15) is 8.78 Å². The maximum atomic E-state index is 12.9. The van der Waals surface area contributed by atoms with Crippen LogP contribution in [0.5, 0.6) is 0 Å². The van der Waals surface area contributed by atoms with Crippen LogP contribution in [0.4, 0.5) is 8.78 Å². The first kappa shape index (κ1) is 10.3. The lowest BCUT2D eigenvalue weighted by molar-refractivity contribution is 0.504. The molecule has 0 aliphatic rings. The Morgan fingerprint density at radius 3 is 2.69 bits per heavy atom. The van der Waals surface area contributed by atoms with Gasteiger partial charge in [0.05, 0.1) is 4.47 Å². The van der Waals surface area contributed by atoms with Gasteiger partial charge in [-0.3, -0.25) is 0 Å². The zero-order valence-electron chi connectivity index (χ0n) is 6.73. The molecule has 70 valence electrons. The van der Waals surface area contributed by atoms with Gasteiger partial charge in [-0.15, -0.1) is 0 Å². The van der Waals surface area contributed by atoms with Crippen molar-refractivity contribution in [2.75, 3.05) is 6.54 Å². The van der Waals surface area contributed by atoms with Crippen LogP contribution in [0.3, 0.4) is 0 Å². The molecule has 0 radical (unpaired) electrons. The molecule has 1 aromatic rings. The van der Waals surface area contributed by atoms with Crippen molar-refractivity contribution in [3.63, 3.8) is 0 Å². The van der Waals surface area contributed by atoms with Gasteiger partial charge in [0, 0.05) is 6.54 Å². The van der Waals surface area contributed by atoms with Crippen LogP contribution in [0.2, 0.25) is 0 Å². The summed E-state index contributed by atoms with van der Waals surface area (Å²) in [5.41, 5.74) is 5.80. The van der Waals surface area contributed by atoms with E-state index in [4.69, 9.17) is 5.73 Å². The summed E-state index contributed by atoms with van der Waals surface area (Å²) in [5, 5.41) is 0. The Balaban J connectivity index is 3.11. The van der Waals surface area contributed by atoms with Crippen molar-refractivity contribution in [1.82, 2.24) is 0 Å². The van der Waals surface area contributed by atoms with E-state index in [0.717, 1.165) is 6.07 Å². The van der Waals surface area contributed by atoms with Gasteiger partial charge in [0.1, 0.15) is 0 Å². The van der Waals surface area contributed by atoms with E-state index >= 15 is 0 Å². The molecule has 4 heteroatoms. The van der Waals surface area contributed by atoms with E-state index < -0.39 is 11.6 Å². The first-order valence-corrected chi connectivity index (χ1v) is 4.46. The highest BCUT2D eigenvalue weighted by Crippen LogP contribution is 2.23. The maximum Gasteiger partial charge on any atom is 0.173 e. The minimum atomic E-state index is -0.876. The molecule has 0 atom stereocenters. The fraction of sp³-hybridized carbons (Fsp3) is 0.111. The van der Waals surface area contributed by atoms with Gasteiger partial charge in [-0.05, 0) is 27.6 Å². The maximum absolute atomic E-state index is 12.9. The zero-order valence-corrected chi connectivity index (χ0v) is 8.31. The molecule has 1 nitrogen and oxygen atoms in total. The molecule has 0 fully saturated rings. The van der Waals surface area contributed by atoms with Crippen LogP contribution in [0.25, 0.3) is 6.08 Å². The van der Waals surface area contributed by atoms with Gasteiger partial charge in [-0.2, -0.15) is 0 Å². The molecular formula is C9H8BrF2N. The molecular weight excluding hydrogens is 240 g/mol. The second-order valence-electron chi connectivity index (χ2n) is 2.40. The highest BCUT2D eigenvalue weighted by Gasteiger charge is 2.08. The van der Waals surface area contributed by atoms with Gasteiger partial charge in [-0.1, -0.05) is 18.2 Å². The van der Waals surface area contributed by atoms with Crippen molar-refractivity contribution in [3.8, 4) is 0 Å². The summed E-state index contributed by atoms with van der Waals surface area (Å²) in [6.07, 6.45) is 3.30. The fourth-order valence-corrected chi connectivity index (χ4v) is 1.32. The molecule has 13 heavy (non-hydrogen) atoms. The first-order valence-electron chi connectivity index (χ1n) is 3.67. The molecule has 1 aromatic carbocycles. The lowest BCUT2D eigenvalue weighted by Gasteiger charge is -2.00. The number of hydrogen-bond donors (Lipinski definition) is 1. The average molecular weight is 248 g/mol. The molecule has 0 amide bonds. The summed E-state index contributed by atoms with van der Waals surface area (Å²) < 4.78 is 25.7. The van der Waals surface area contributed by atoms with E-state index in [1.165, 1.54) is 6.07 Å². The normalized spacial score (nSPS) is 11.1. The van der Waals surface area contributed by atoms with Crippen LogP contribution in [0, 0.1) is 11.6 Å². The van der Waals surface area contributed by atoms with Gasteiger partial charge in [-0.25, -0.2) is 8.78 Å². The van der Waals surface area contributed by atoms with Crippen LogP contribution < -0.4 is 5.73 Å². The molecule has 1 rings (SSSR count). The van der Waals surface area contributed by atoms with Crippen LogP contribution in [-0.2, 0) is 0 Å². The van der Waals surface area contributed by atoms with Crippen molar-refractivity contribution >= 4 is 22.0 Å². The fourth-order valence-electron chi connectivity index (χ4n) is 0.865. The topological polar surface area (TPSA) is 26.0 Å². The Morgan fingerprint density at radius 1 is 1.38 bits per heavy atom. The van der Waals surface area contributed by atoms with Crippen molar-refractivity contribution in [2.45, 2.75) is 0 Å². The Bertz CT molecular complexity index is 337. The molecule has 2 N–H and O–H groups in total. The molecule has 0 saturated heterocycles. The Kier molecular flexibility index (Phi) is 3.57. The molecule has 0 bridgehead atoms. The summed E-state index contributed by atoms with van der Waals surface area (Å²) in [7, 11) is 0. The molecule has 0 aliphatic heterocycles. The molecule has 0 spiro atoms. The van der Waals surface area contributed by atoms with E-state index in [1.807, 2.05) is 0 Å². The number of nitrogens with two attached hydrogens (primary N) is 1. The SMILES string of the molecule is NC/C=C/c1ccc(F)c(F)c1Br. The summed E-state index contributed by atoms with van der Waals surface area (Å²) in [6, 6.07) is 2.56. The van der Waals surface area contributed by atoms with Gasteiger partial charge in [0.2, 0.25) is 0 Å². The molecule has 0 unspecified atom stereocenters. The molecule has 0 saturated carbocycles. The number of hydrogen-bond acceptors (Lipinski definition) is 1. The van der Waals surface area contributed by atoms with Crippen LogP contribution in [0.15, 0.2) is 22.7 Å². The van der Waals surface area contributed by atoms with E-state index in [-0.39, 0.29) is 4.47 Å². The molecule has 0 aromatic heterocycles. The van der Waals surface area contributed by atoms with E-state index in [1.54, 1.807) is 12.2 Å². The largest absolute Gasteiger partial charge is 0.327 e. The van der Waals surface area contributed by atoms with Crippen LogP contribution in [0.1, 0.15) is 5.56 Å². The molecule has 0 heterocycles. The number of benzene rings is 1. The predicted molar refractivity (Wildman–Crippen MR) is 52.1 cm³/mol. The van der Waals surface area contributed by atoms with Gasteiger partial charge < -0.3 is 5.73 Å². The standard InChI is InChI=1S/C9H8BrF2N/c10-8-6(2-1-5-13)3-4-7(11)9(8)12/h1-4H,5,13H2/b2-1+. The highest BCUT2D eigenvalue weighted by atomic mass is 79.9. The van der Waals surface area contributed by atoms with Gasteiger partial charge >= 0.3 is 0 Å². The average Bonchev–Trinajstić information content (AvgIpc) is 2.13. The smallest absolute Gasteiger partial charge is 0.173 e. The van der Waals surface area contributed by atoms with Crippen molar-refractivity contribution in [3.05, 3.63) is 39.9 Å². The quantitative estimate of drug-likeness (QED) is 0.800. The lowest BCUT2D eigenvalue weighted by Crippen LogP contribution is -1.93.